The number of hydrogen-bond acceptors (Lipinski definition) is 2. The number of esters is 1. The molecule has 0 aliphatic carbocycles. The lowest BCUT2D eigenvalue weighted by Gasteiger charge is -2.03. The first-order valence-electron chi connectivity index (χ1n) is 3.34. The van der Waals surface area contributed by atoms with Crippen molar-refractivity contribution in [2.45, 2.75) is 6.92 Å². The molecule has 0 atom stereocenters. The van der Waals surface area contributed by atoms with Crippen LogP contribution in [-0.2, 0) is 4.79 Å². The maximum Gasteiger partial charge on any atom is 0.308 e. The van der Waals surface area contributed by atoms with Gasteiger partial charge in [0.2, 0.25) is 11.6 Å². The molecule has 0 bridgehead atoms. The summed E-state index contributed by atoms with van der Waals surface area (Å²) in [5, 5.41) is 0. The van der Waals surface area contributed by atoms with Crippen LogP contribution in [0, 0.1) is 17.5 Å². The fourth-order valence-corrected chi connectivity index (χ4v) is 0.746. The Balaban J connectivity index is 3.17. The highest BCUT2D eigenvalue weighted by atomic mass is 19.2. The summed E-state index contributed by atoms with van der Waals surface area (Å²) in [5.41, 5.74) is 0. The van der Waals surface area contributed by atoms with E-state index in [1.165, 1.54) is 0 Å². The van der Waals surface area contributed by atoms with Crippen molar-refractivity contribution in [3.63, 3.8) is 0 Å². The van der Waals surface area contributed by atoms with Crippen molar-refractivity contribution in [1.29, 1.82) is 0 Å². The van der Waals surface area contributed by atoms with Gasteiger partial charge in [0, 0.05) is 6.92 Å². The zero-order valence-electron chi connectivity index (χ0n) is 6.61. The van der Waals surface area contributed by atoms with Gasteiger partial charge in [-0.25, -0.2) is 8.78 Å². The number of rotatable bonds is 1. The molecule has 1 aromatic rings. The minimum absolute atomic E-state index is 0.609. The third kappa shape index (κ3) is 1.99. The first kappa shape index (κ1) is 9.57. The monoisotopic (exact) mass is 190 g/mol. The molecule has 0 radical (unpaired) electrons. The molecule has 0 amide bonds. The van der Waals surface area contributed by atoms with Crippen LogP contribution in [0.4, 0.5) is 13.2 Å². The van der Waals surface area contributed by atoms with Gasteiger partial charge in [0.15, 0.2) is 11.6 Å². The third-order valence-electron chi connectivity index (χ3n) is 1.25. The fourth-order valence-electron chi connectivity index (χ4n) is 0.746. The Labute approximate surface area is 71.9 Å². The minimum atomic E-state index is -1.50. The van der Waals surface area contributed by atoms with Crippen molar-refractivity contribution >= 4 is 5.97 Å². The summed E-state index contributed by atoms with van der Waals surface area (Å²) in [6.07, 6.45) is 0. The first-order valence-corrected chi connectivity index (χ1v) is 3.34. The van der Waals surface area contributed by atoms with Gasteiger partial charge in [-0.2, -0.15) is 4.39 Å². The molecule has 0 fully saturated rings. The maximum atomic E-state index is 12.7. The molecule has 0 heterocycles. The van der Waals surface area contributed by atoms with Gasteiger partial charge in [0.1, 0.15) is 0 Å². The fraction of sp³-hybridized carbons (Fsp3) is 0.125. The van der Waals surface area contributed by atoms with Gasteiger partial charge in [0.25, 0.3) is 0 Å². The highest BCUT2D eigenvalue weighted by Gasteiger charge is 2.16. The number of carbonyl (C=O) groups excluding carboxylic acids is 1. The molecular formula is C8H5F3O2. The zero-order chi connectivity index (χ0) is 10.0. The van der Waals surface area contributed by atoms with E-state index in [-0.39, 0.29) is 0 Å². The molecule has 70 valence electrons. The van der Waals surface area contributed by atoms with E-state index < -0.39 is 29.2 Å². The Bertz CT molecular complexity index is 349. The quantitative estimate of drug-likeness (QED) is 0.384. The highest BCUT2D eigenvalue weighted by Crippen LogP contribution is 2.23. The van der Waals surface area contributed by atoms with Gasteiger partial charge in [-0.1, -0.05) is 0 Å². The van der Waals surface area contributed by atoms with E-state index in [2.05, 4.69) is 4.74 Å². The molecule has 0 aliphatic heterocycles. The summed E-state index contributed by atoms with van der Waals surface area (Å²) in [6, 6.07) is 1.29. The van der Waals surface area contributed by atoms with Crippen LogP contribution in [0.25, 0.3) is 0 Å². The standard InChI is InChI=1S/C8H5F3O2/c1-4(12)13-8-6(10)3-2-5(9)7(8)11/h2-3H,1H3. The predicted octanol–water partition coefficient (Wildman–Crippen LogP) is 2.03. The maximum absolute atomic E-state index is 12.7. The second kappa shape index (κ2) is 3.47. The number of hydrogen-bond donors (Lipinski definition) is 0. The van der Waals surface area contributed by atoms with Gasteiger partial charge in [-0.15, -0.1) is 0 Å². The molecule has 0 spiro atoms. The van der Waals surface area contributed by atoms with E-state index in [1.54, 1.807) is 0 Å². The molecule has 0 aromatic heterocycles. The summed E-state index contributed by atoms with van der Waals surface area (Å²) < 4.78 is 42.0. The third-order valence-corrected chi connectivity index (χ3v) is 1.25. The van der Waals surface area contributed by atoms with Crippen LogP contribution in [0.5, 0.6) is 5.75 Å². The van der Waals surface area contributed by atoms with Crippen LogP contribution in [0.15, 0.2) is 12.1 Å². The summed E-state index contributed by atoms with van der Waals surface area (Å²) in [7, 11) is 0. The molecule has 1 rings (SSSR count). The Morgan fingerprint density at radius 2 is 1.77 bits per heavy atom. The normalized spacial score (nSPS) is 9.85. The number of halogens is 3. The van der Waals surface area contributed by atoms with Crippen LogP contribution in [-0.4, -0.2) is 5.97 Å². The van der Waals surface area contributed by atoms with E-state index in [9.17, 15) is 18.0 Å². The molecule has 5 heteroatoms. The lowest BCUT2D eigenvalue weighted by molar-refractivity contribution is -0.132. The smallest absolute Gasteiger partial charge is 0.308 e. The van der Waals surface area contributed by atoms with Crippen molar-refractivity contribution in [3.05, 3.63) is 29.6 Å². The van der Waals surface area contributed by atoms with Crippen LogP contribution < -0.4 is 4.74 Å². The van der Waals surface area contributed by atoms with Gasteiger partial charge in [0.05, 0.1) is 0 Å². The van der Waals surface area contributed by atoms with Crippen molar-refractivity contribution in [3.8, 4) is 5.75 Å². The second-order valence-electron chi connectivity index (χ2n) is 2.27. The Hall–Kier alpha value is -1.52. The highest BCUT2D eigenvalue weighted by molar-refractivity contribution is 5.69. The van der Waals surface area contributed by atoms with E-state index >= 15 is 0 Å². The van der Waals surface area contributed by atoms with Gasteiger partial charge in [-0.05, 0) is 12.1 Å². The summed E-state index contributed by atoms with van der Waals surface area (Å²) in [6.45, 7) is 0.962. The van der Waals surface area contributed by atoms with E-state index in [1.807, 2.05) is 0 Å². The molecular weight excluding hydrogens is 185 g/mol. The Morgan fingerprint density at radius 1 is 1.23 bits per heavy atom. The van der Waals surface area contributed by atoms with Crippen molar-refractivity contribution in [2.75, 3.05) is 0 Å². The lowest BCUT2D eigenvalue weighted by Crippen LogP contribution is -2.06. The van der Waals surface area contributed by atoms with Crippen LogP contribution in [0.2, 0.25) is 0 Å². The number of carbonyl (C=O) groups is 1. The molecule has 0 unspecified atom stereocenters. The van der Waals surface area contributed by atoms with Crippen LogP contribution in [0.1, 0.15) is 6.92 Å². The predicted molar refractivity (Wildman–Crippen MR) is 37.6 cm³/mol. The average Bonchev–Trinajstić information content (AvgIpc) is 2.05. The topological polar surface area (TPSA) is 26.3 Å². The summed E-state index contributed by atoms with van der Waals surface area (Å²) >= 11 is 0. The molecule has 1 aromatic carbocycles. The number of benzene rings is 1. The SMILES string of the molecule is CC(=O)Oc1c(F)ccc(F)c1F. The molecule has 0 aliphatic rings. The largest absolute Gasteiger partial charge is 0.420 e. The minimum Gasteiger partial charge on any atom is -0.420 e. The molecule has 0 saturated carbocycles. The molecule has 0 N–H and O–H groups in total. The summed E-state index contributed by atoms with van der Waals surface area (Å²) in [5.74, 6) is -5.81. The van der Waals surface area contributed by atoms with Gasteiger partial charge in [-0.3, -0.25) is 4.79 Å². The molecule has 13 heavy (non-hydrogen) atoms. The summed E-state index contributed by atoms with van der Waals surface area (Å²) in [4.78, 5) is 10.4. The van der Waals surface area contributed by atoms with E-state index in [0.717, 1.165) is 6.92 Å². The molecule has 0 saturated heterocycles. The van der Waals surface area contributed by atoms with E-state index in [4.69, 9.17) is 0 Å². The zero-order valence-corrected chi connectivity index (χ0v) is 6.61. The first-order chi connectivity index (χ1) is 6.02. The van der Waals surface area contributed by atoms with Crippen molar-refractivity contribution in [1.82, 2.24) is 0 Å². The average molecular weight is 190 g/mol. The lowest BCUT2D eigenvalue weighted by atomic mass is 10.3. The number of ether oxygens (including phenoxy) is 1. The van der Waals surface area contributed by atoms with Crippen LogP contribution in [0.3, 0.4) is 0 Å². The Kier molecular flexibility index (Phi) is 2.55. The van der Waals surface area contributed by atoms with Gasteiger partial charge < -0.3 is 4.74 Å². The Morgan fingerprint density at radius 3 is 2.31 bits per heavy atom. The van der Waals surface area contributed by atoms with E-state index in [0.29, 0.717) is 12.1 Å². The van der Waals surface area contributed by atoms with Crippen molar-refractivity contribution < 1.29 is 22.7 Å². The van der Waals surface area contributed by atoms with Gasteiger partial charge >= 0.3 is 5.97 Å². The van der Waals surface area contributed by atoms with Crippen LogP contribution >= 0.6 is 0 Å². The van der Waals surface area contributed by atoms with Crippen molar-refractivity contribution in [2.24, 2.45) is 0 Å². The molecule has 2 nitrogen and oxygen atoms in total. The second-order valence-corrected chi connectivity index (χ2v) is 2.27.